The summed E-state index contributed by atoms with van der Waals surface area (Å²) in [5.74, 6) is 0.866. The largest absolute Gasteiger partial charge is 0.356 e. The van der Waals surface area contributed by atoms with Crippen LogP contribution in [0.1, 0.15) is 28.8 Å². The molecule has 5 rings (SSSR count). The molecule has 0 bridgehead atoms. The Bertz CT molecular complexity index is 1230. The summed E-state index contributed by atoms with van der Waals surface area (Å²) in [6, 6.07) is 7.64. The normalized spacial score (nSPS) is 13.7. The van der Waals surface area contributed by atoms with E-state index in [0.29, 0.717) is 18.7 Å². The van der Waals surface area contributed by atoms with Crippen molar-refractivity contribution in [3.63, 3.8) is 0 Å². The van der Waals surface area contributed by atoms with Crippen molar-refractivity contribution >= 4 is 34.5 Å². The van der Waals surface area contributed by atoms with Crippen LogP contribution in [-0.4, -0.2) is 61.1 Å². The molecule has 1 aromatic carbocycles. The molecule has 9 nitrogen and oxygen atoms in total. The van der Waals surface area contributed by atoms with Gasteiger partial charge in [-0.15, -0.1) is 0 Å². The molecule has 1 saturated heterocycles. The van der Waals surface area contributed by atoms with Gasteiger partial charge in [0.25, 0.3) is 5.91 Å². The van der Waals surface area contributed by atoms with Crippen LogP contribution in [0, 0.1) is 0 Å². The third-order valence-corrected chi connectivity index (χ3v) is 6.34. The second-order valence-corrected chi connectivity index (χ2v) is 8.79. The Morgan fingerprint density at radius 3 is 2.70 bits per heavy atom. The van der Waals surface area contributed by atoms with Gasteiger partial charge < -0.3 is 14.8 Å². The maximum Gasteiger partial charge on any atom is 0.251 e. The number of carbonyl (C=O) groups excluding carboxylic acids is 1. The van der Waals surface area contributed by atoms with Crippen LogP contribution in [0.2, 0.25) is 0 Å². The predicted octanol–water partition coefficient (Wildman–Crippen LogP) is 2.82. The summed E-state index contributed by atoms with van der Waals surface area (Å²) < 4.78 is 3.84. The highest BCUT2D eigenvalue weighted by molar-refractivity contribution is 7.98. The lowest BCUT2D eigenvalue weighted by Gasteiger charge is -2.17. The Balaban J connectivity index is 1.23. The number of benzene rings is 1. The lowest BCUT2D eigenvalue weighted by molar-refractivity contribution is 0.0952. The van der Waals surface area contributed by atoms with Crippen molar-refractivity contribution < 1.29 is 4.79 Å². The van der Waals surface area contributed by atoms with Crippen LogP contribution in [0.4, 0.5) is 5.82 Å². The van der Waals surface area contributed by atoms with E-state index in [1.165, 1.54) is 24.6 Å². The minimum absolute atomic E-state index is 0.0992. The zero-order valence-electron chi connectivity index (χ0n) is 18.5. The summed E-state index contributed by atoms with van der Waals surface area (Å²) in [5, 5.41) is 9.24. The molecule has 3 aromatic heterocycles. The second kappa shape index (κ2) is 9.62. The number of carbonyl (C=O) groups is 1. The van der Waals surface area contributed by atoms with Crippen molar-refractivity contribution in [2.45, 2.75) is 31.1 Å². The minimum atomic E-state index is -0.0992. The number of aromatic nitrogens is 6. The summed E-state index contributed by atoms with van der Waals surface area (Å²) in [6.07, 6.45) is 11.6. The standard InChI is InChI=1S/C23H26N8OS/c1-33-23-27-20(30-10-2-3-11-30)19-14-26-31(21(19)28-23)13-9-25-22(32)18-6-4-17(5-7-18)15-29-12-8-24-16-29/h4-8,12,14,16H,2-3,9-11,13,15H2,1H3,(H,25,32). The number of anilines is 1. The molecular weight excluding hydrogens is 436 g/mol. The fourth-order valence-electron chi connectivity index (χ4n) is 4.08. The van der Waals surface area contributed by atoms with Gasteiger partial charge in [-0.2, -0.15) is 5.10 Å². The van der Waals surface area contributed by atoms with E-state index < -0.39 is 0 Å². The van der Waals surface area contributed by atoms with Gasteiger partial charge in [-0.05, 0) is 36.8 Å². The molecule has 1 fully saturated rings. The fraction of sp³-hybridized carbons (Fsp3) is 0.348. The maximum absolute atomic E-state index is 12.6. The molecule has 0 atom stereocenters. The topological polar surface area (TPSA) is 93.8 Å². The van der Waals surface area contributed by atoms with E-state index in [2.05, 4.69) is 25.3 Å². The lowest BCUT2D eigenvalue weighted by atomic mass is 10.1. The van der Waals surface area contributed by atoms with Gasteiger partial charge in [-0.25, -0.2) is 19.6 Å². The van der Waals surface area contributed by atoms with Gasteiger partial charge in [0.15, 0.2) is 10.8 Å². The van der Waals surface area contributed by atoms with Crippen molar-refractivity contribution in [1.82, 2.24) is 34.6 Å². The first kappa shape index (κ1) is 21.4. The van der Waals surface area contributed by atoms with Crippen LogP contribution in [0.15, 0.2) is 54.3 Å². The Labute approximate surface area is 196 Å². The zero-order chi connectivity index (χ0) is 22.6. The zero-order valence-corrected chi connectivity index (χ0v) is 19.3. The molecule has 4 heterocycles. The van der Waals surface area contributed by atoms with Crippen molar-refractivity contribution in [3.05, 3.63) is 60.3 Å². The molecule has 0 saturated carbocycles. The molecule has 33 heavy (non-hydrogen) atoms. The Kier molecular flexibility index (Phi) is 6.25. The quantitative estimate of drug-likeness (QED) is 0.318. The average molecular weight is 463 g/mol. The molecular formula is C23H26N8OS. The third-order valence-electron chi connectivity index (χ3n) is 5.79. The monoisotopic (exact) mass is 462 g/mol. The number of hydrogen-bond acceptors (Lipinski definition) is 7. The molecule has 0 spiro atoms. The highest BCUT2D eigenvalue weighted by atomic mass is 32.2. The van der Waals surface area contributed by atoms with Crippen LogP contribution in [0.25, 0.3) is 11.0 Å². The van der Waals surface area contributed by atoms with E-state index in [4.69, 9.17) is 4.98 Å². The van der Waals surface area contributed by atoms with Crippen molar-refractivity contribution in [2.75, 3.05) is 30.8 Å². The third kappa shape index (κ3) is 4.70. The number of nitrogens with zero attached hydrogens (tertiary/aromatic N) is 7. The Morgan fingerprint density at radius 1 is 1.15 bits per heavy atom. The smallest absolute Gasteiger partial charge is 0.251 e. The number of imidazole rings is 1. The fourth-order valence-corrected chi connectivity index (χ4v) is 4.43. The van der Waals surface area contributed by atoms with Crippen LogP contribution >= 0.6 is 11.8 Å². The molecule has 170 valence electrons. The SMILES string of the molecule is CSc1nc(N2CCCC2)c2cnn(CCNC(=O)c3ccc(Cn4ccnc4)cc3)c2n1. The van der Waals surface area contributed by atoms with Crippen molar-refractivity contribution in [2.24, 2.45) is 0 Å². The van der Waals surface area contributed by atoms with Crippen LogP contribution in [0.3, 0.4) is 0 Å². The van der Waals surface area contributed by atoms with Gasteiger partial charge >= 0.3 is 0 Å². The number of thioether (sulfide) groups is 1. The Hall–Kier alpha value is -3.40. The van der Waals surface area contributed by atoms with E-state index in [1.54, 1.807) is 12.5 Å². The summed E-state index contributed by atoms with van der Waals surface area (Å²) in [7, 11) is 0. The first-order valence-electron chi connectivity index (χ1n) is 11.1. The molecule has 1 N–H and O–H groups in total. The predicted molar refractivity (Wildman–Crippen MR) is 129 cm³/mol. The average Bonchev–Trinajstić information content (AvgIpc) is 3.62. The summed E-state index contributed by atoms with van der Waals surface area (Å²) in [5.41, 5.74) is 2.57. The van der Waals surface area contributed by atoms with E-state index in [1.807, 2.05) is 52.2 Å². The highest BCUT2D eigenvalue weighted by Gasteiger charge is 2.20. The lowest BCUT2D eigenvalue weighted by Crippen LogP contribution is -2.27. The van der Waals surface area contributed by atoms with E-state index >= 15 is 0 Å². The number of rotatable bonds is 8. The van der Waals surface area contributed by atoms with E-state index in [-0.39, 0.29) is 5.91 Å². The number of fused-ring (bicyclic) bond motifs is 1. The number of amides is 1. The summed E-state index contributed by atoms with van der Waals surface area (Å²) >= 11 is 1.53. The van der Waals surface area contributed by atoms with Gasteiger partial charge in [-0.3, -0.25) is 4.79 Å². The summed E-state index contributed by atoms with van der Waals surface area (Å²) in [6.45, 7) is 3.76. The van der Waals surface area contributed by atoms with Crippen LogP contribution < -0.4 is 10.2 Å². The van der Waals surface area contributed by atoms with Crippen molar-refractivity contribution in [1.29, 1.82) is 0 Å². The molecule has 0 radical (unpaired) electrons. The van der Waals surface area contributed by atoms with Gasteiger partial charge in [-0.1, -0.05) is 23.9 Å². The van der Waals surface area contributed by atoms with Crippen molar-refractivity contribution in [3.8, 4) is 0 Å². The number of hydrogen-bond donors (Lipinski definition) is 1. The summed E-state index contributed by atoms with van der Waals surface area (Å²) in [4.78, 5) is 28.4. The van der Waals surface area contributed by atoms with Gasteiger partial charge in [0.2, 0.25) is 0 Å². The van der Waals surface area contributed by atoms with E-state index in [9.17, 15) is 4.79 Å². The molecule has 1 aliphatic rings. The Morgan fingerprint density at radius 2 is 1.97 bits per heavy atom. The first-order chi connectivity index (χ1) is 16.2. The van der Waals surface area contributed by atoms with Crippen LogP contribution in [0.5, 0.6) is 0 Å². The molecule has 0 aliphatic carbocycles. The first-order valence-corrected chi connectivity index (χ1v) is 12.3. The van der Waals surface area contributed by atoms with Gasteiger partial charge in [0.05, 0.1) is 24.5 Å². The number of nitrogens with one attached hydrogen (secondary N) is 1. The van der Waals surface area contributed by atoms with E-state index in [0.717, 1.165) is 47.2 Å². The molecule has 0 unspecified atom stereocenters. The van der Waals surface area contributed by atoms with Gasteiger partial charge in [0, 0.05) is 44.1 Å². The second-order valence-electron chi connectivity index (χ2n) is 8.02. The maximum atomic E-state index is 12.6. The highest BCUT2D eigenvalue weighted by Crippen LogP contribution is 2.28. The molecule has 1 aliphatic heterocycles. The molecule has 4 aromatic rings. The minimum Gasteiger partial charge on any atom is -0.356 e. The van der Waals surface area contributed by atoms with Crippen LogP contribution in [-0.2, 0) is 13.1 Å². The molecule has 1 amide bonds. The molecule has 10 heteroatoms. The van der Waals surface area contributed by atoms with Gasteiger partial charge in [0.1, 0.15) is 5.82 Å².